The fourth-order valence-electron chi connectivity index (χ4n) is 1.36. The number of nitrogens with one attached hydrogen (secondary N) is 1. The molecule has 0 aliphatic rings. The van der Waals surface area contributed by atoms with Gasteiger partial charge in [-0.15, -0.1) is 0 Å². The monoisotopic (exact) mass is 265 g/mol. The average Bonchev–Trinajstić information content (AvgIpc) is 2.32. The Morgan fingerprint density at radius 3 is 2.89 bits per heavy atom. The zero-order valence-corrected chi connectivity index (χ0v) is 10.2. The number of halogens is 2. The van der Waals surface area contributed by atoms with Crippen LogP contribution in [0.5, 0.6) is 0 Å². The molecule has 6 heteroatoms. The van der Waals surface area contributed by atoms with Crippen molar-refractivity contribution in [3.63, 3.8) is 0 Å². The Morgan fingerprint density at radius 2 is 2.22 bits per heavy atom. The second kappa shape index (κ2) is 5.10. The number of hydrogen-bond acceptors (Lipinski definition) is 3. The summed E-state index contributed by atoms with van der Waals surface area (Å²) in [7, 11) is 0. The number of carbonyl (C=O) groups excluding carboxylic acids is 1. The van der Waals surface area contributed by atoms with Crippen LogP contribution < -0.4 is 5.32 Å². The molecule has 0 atom stereocenters. The smallest absolute Gasteiger partial charge is 0.258 e. The van der Waals surface area contributed by atoms with E-state index in [0.717, 1.165) is 6.20 Å². The van der Waals surface area contributed by atoms with Crippen molar-refractivity contribution in [2.45, 2.75) is 6.92 Å². The molecule has 0 aliphatic heterocycles. The molecule has 0 saturated carbocycles. The van der Waals surface area contributed by atoms with Crippen LogP contribution in [-0.4, -0.2) is 15.9 Å². The van der Waals surface area contributed by atoms with Gasteiger partial charge >= 0.3 is 0 Å². The summed E-state index contributed by atoms with van der Waals surface area (Å²) in [6, 6.07) is 2.93. The number of carbonyl (C=O) groups is 1. The lowest BCUT2D eigenvalue weighted by Crippen LogP contribution is -2.14. The number of nitrogens with zero attached hydrogens (tertiary/aromatic N) is 2. The Kier molecular flexibility index (Phi) is 3.53. The van der Waals surface area contributed by atoms with Gasteiger partial charge in [-0.2, -0.15) is 0 Å². The molecule has 1 N–H and O–H groups in total. The van der Waals surface area contributed by atoms with Crippen LogP contribution in [0.15, 0.2) is 30.7 Å². The normalized spacial score (nSPS) is 10.2. The van der Waals surface area contributed by atoms with Crippen LogP contribution in [-0.2, 0) is 0 Å². The van der Waals surface area contributed by atoms with Gasteiger partial charge in [-0.25, -0.2) is 4.39 Å². The average molecular weight is 266 g/mol. The van der Waals surface area contributed by atoms with E-state index < -0.39 is 11.7 Å². The molecular formula is C12H9ClFN3O. The van der Waals surface area contributed by atoms with Crippen molar-refractivity contribution >= 4 is 23.2 Å². The molecule has 0 unspecified atom stereocenters. The predicted octanol–water partition coefficient (Wildman–Crippen LogP) is 2.83. The third kappa shape index (κ3) is 2.62. The van der Waals surface area contributed by atoms with Crippen molar-refractivity contribution in [3.8, 4) is 0 Å². The van der Waals surface area contributed by atoms with Crippen LogP contribution in [0.4, 0.5) is 10.1 Å². The Labute approximate surface area is 108 Å². The van der Waals surface area contributed by atoms with Gasteiger partial charge in [0, 0.05) is 18.1 Å². The SMILES string of the molecule is Cc1cc(Cl)c(C(=O)Nc2ccncc2F)cn1. The van der Waals surface area contributed by atoms with E-state index in [4.69, 9.17) is 11.6 Å². The molecule has 0 radical (unpaired) electrons. The largest absolute Gasteiger partial charge is 0.319 e. The molecule has 2 rings (SSSR count). The minimum atomic E-state index is -0.609. The van der Waals surface area contributed by atoms with Crippen molar-refractivity contribution in [1.82, 2.24) is 9.97 Å². The van der Waals surface area contributed by atoms with Crippen molar-refractivity contribution in [3.05, 3.63) is 52.8 Å². The fourth-order valence-corrected chi connectivity index (χ4v) is 1.65. The number of aryl methyl sites for hydroxylation is 1. The first kappa shape index (κ1) is 12.4. The third-order valence-electron chi connectivity index (χ3n) is 2.26. The highest BCUT2D eigenvalue weighted by molar-refractivity contribution is 6.34. The zero-order valence-electron chi connectivity index (χ0n) is 9.45. The molecule has 0 fully saturated rings. The highest BCUT2D eigenvalue weighted by Crippen LogP contribution is 2.18. The summed E-state index contributed by atoms with van der Waals surface area (Å²) in [5.41, 5.74) is 0.941. The molecule has 4 nitrogen and oxygen atoms in total. The lowest BCUT2D eigenvalue weighted by Gasteiger charge is -2.07. The van der Waals surface area contributed by atoms with Gasteiger partial charge in [-0.3, -0.25) is 14.8 Å². The van der Waals surface area contributed by atoms with Crippen LogP contribution in [0, 0.1) is 12.7 Å². The van der Waals surface area contributed by atoms with E-state index in [-0.39, 0.29) is 16.3 Å². The number of hydrogen-bond donors (Lipinski definition) is 1. The summed E-state index contributed by atoms with van der Waals surface area (Å²) in [6.45, 7) is 1.76. The predicted molar refractivity (Wildman–Crippen MR) is 66.1 cm³/mol. The van der Waals surface area contributed by atoms with Gasteiger partial charge in [0.1, 0.15) is 0 Å². The Bertz CT molecular complexity index is 604. The highest BCUT2D eigenvalue weighted by atomic mass is 35.5. The number of anilines is 1. The molecule has 0 saturated heterocycles. The van der Waals surface area contributed by atoms with Gasteiger partial charge < -0.3 is 5.32 Å². The van der Waals surface area contributed by atoms with E-state index >= 15 is 0 Å². The Balaban J connectivity index is 2.25. The van der Waals surface area contributed by atoms with Crippen molar-refractivity contribution < 1.29 is 9.18 Å². The first-order valence-corrected chi connectivity index (χ1v) is 5.48. The lowest BCUT2D eigenvalue weighted by molar-refractivity contribution is 0.102. The molecular weight excluding hydrogens is 257 g/mol. The maximum atomic E-state index is 13.3. The lowest BCUT2D eigenvalue weighted by atomic mass is 10.2. The number of aromatic nitrogens is 2. The minimum absolute atomic E-state index is 0.0478. The first-order valence-electron chi connectivity index (χ1n) is 5.11. The van der Waals surface area contributed by atoms with E-state index in [0.29, 0.717) is 5.69 Å². The van der Waals surface area contributed by atoms with Gasteiger partial charge in [-0.1, -0.05) is 11.6 Å². The van der Waals surface area contributed by atoms with Crippen molar-refractivity contribution in [1.29, 1.82) is 0 Å². The molecule has 2 heterocycles. The number of pyridine rings is 2. The van der Waals surface area contributed by atoms with E-state index in [1.54, 1.807) is 13.0 Å². The second-order valence-corrected chi connectivity index (χ2v) is 4.02. The highest BCUT2D eigenvalue weighted by Gasteiger charge is 2.13. The first-order chi connectivity index (χ1) is 8.58. The van der Waals surface area contributed by atoms with E-state index in [2.05, 4.69) is 15.3 Å². The molecule has 0 bridgehead atoms. The Hall–Kier alpha value is -2.01. The van der Waals surface area contributed by atoms with Gasteiger partial charge in [-0.05, 0) is 19.1 Å². The fraction of sp³-hybridized carbons (Fsp3) is 0.0833. The summed E-state index contributed by atoms with van der Waals surface area (Å²) in [6.07, 6.45) is 3.75. The summed E-state index contributed by atoms with van der Waals surface area (Å²) >= 11 is 5.92. The van der Waals surface area contributed by atoms with Crippen molar-refractivity contribution in [2.24, 2.45) is 0 Å². The maximum Gasteiger partial charge on any atom is 0.258 e. The molecule has 0 spiro atoms. The molecule has 0 aromatic carbocycles. The molecule has 92 valence electrons. The number of amides is 1. The van der Waals surface area contributed by atoms with E-state index in [9.17, 15) is 9.18 Å². The van der Waals surface area contributed by atoms with Crippen molar-refractivity contribution in [2.75, 3.05) is 5.32 Å². The standard InChI is InChI=1S/C12H9ClFN3O/c1-7-4-9(13)8(5-16-7)12(18)17-11-2-3-15-6-10(11)14/h2-6H,1H3,(H,15,17,18). The third-order valence-corrected chi connectivity index (χ3v) is 2.57. The quantitative estimate of drug-likeness (QED) is 0.908. The van der Waals surface area contributed by atoms with E-state index in [1.807, 2.05) is 0 Å². The molecule has 2 aromatic rings. The van der Waals surface area contributed by atoms with Gasteiger partial charge in [0.05, 0.1) is 22.5 Å². The molecule has 18 heavy (non-hydrogen) atoms. The second-order valence-electron chi connectivity index (χ2n) is 3.62. The van der Waals surface area contributed by atoms with Crippen LogP contribution in [0.3, 0.4) is 0 Å². The summed E-state index contributed by atoms with van der Waals surface area (Å²) < 4.78 is 13.3. The molecule has 2 aromatic heterocycles. The molecule has 0 aliphatic carbocycles. The molecule has 1 amide bonds. The van der Waals surface area contributed by atoms with E-state index in [1.165, 1.54) is 18.5 Å². The van der Waals surface area contributed by atoms with Crippen LogP contribution in [0.2, 0.25) is 5.02 Å². The number of rotatable bonds is 2. The summed E-state index contributed by atoms with van der Waals surface area (Å²) in [5, 5.41) is 2.68. The maximum absolute atomic E-state index is 13.3. The minimum Gasteiger partial charge on any atom is -0.319 e. The van der Waals surface area contributed by atoms with Crippen LogP contribution in [0.25, 0.3) is 0 Å². The van der Waals surface area contributed by atoms with Gasteiger partial charge in [0.25, 0.3) is 5.91 Å². The van der Waals surface area contributed by atoms with Gasteiger partial charge in [0.15, 0.2) is 5.82 Å². The van der Waals surface area contributed by atoms with Crippen LogP contribution in [0.1, 0.15) is 16.1 Å². The van der Waals surface area contributed by atoms with Crippen LogP contribution >= 0.6 is 11.6 Å². The topological polar surface area (TPSA) is 54.9 Å². The van der Waals surface area contributed by atoms with Gasteiger partial charge in [0.2, 0.25) is 0 Å². The summed E-state index contributed by atoms with van der Waals surface area (Å²) in [4.78, 5) is 19.4. The zero-order chi connectivity index (χ0) is 13.1. The Morgan fingerprint density at radius 1 is 1.44 bits per heavy atom. The summed E-state index contributed by atoms with van der Waals surface area (Å²) in [5.74, 6) is -1.13.